The highest BCUT2D eigenvalue weighted by Gasteiger charge is 2.36. The minimum atomic E-state index is -3.73. The molecule has 0 radical (unpaired) electrons. The number of anilines is 1. The summed E-state index contributed by atoms with van der Waals surface area (Å²) in [5.41, 5.74) is 7.87. The first-order chi connectivity index (χ1) is 14.5. The van der Waals surface area contributed by atoms with Gasteiger partial charge in [0, 0.05) is 18.5 Å². The Hall–Kier alpha value is -2.06. The van der Waals surface area contributed by atoms with Crippen LogP contribution in [0.1, 0.15) is 30.0 Å². The maximum Gasteiger partial charge on any atom is 0.309 e. The second-order valence-corrected chi connectivity index (χ2v) is 10.6. The van der Waals surface area contributed by atoms with E-state index in [9.17, 15) is 27.7 Å². The van der Waals surface area contributed by atoms with Gasteiger partial charge < -0.3 is 20.1 Å². The van der Waals surface area contributed by atoms with Crippen LogP contribution in [0, 0.1) is 0 Å². The lowest BCUT2D eigenvalue weighted by atomic mass is 10.0. The lowest BCUT2D eigenvalue weighted by Crippen LogP contribution is -2.25. The quantitative estimate of drug-likeness (QED) is 0.312. The van der Waals surface area contributed by atoms with Crippen molar-refractivity contribution in [2.75, 3.05) is 16.6 Å². The van der Waals surface area contributed by atoms with E-state index < -0.39 is 27.3 Å². The van der Waals surface area contributed by atoms with Gasteiger partial charge in [0.25, 0.3) is 0 Å². The van der Waals surface area contributed by atoms with Crippen LogP contribution in [0.4, 0.5) is 5.69 Å². The van der Waals surface area contributed by atoms with E-state index in [0.29, 0.717) is 17.5 Å². The maximum atomic E-state index is 12.1. The number of phenols is 1. The van der Waals surface area contributed by atoms with Crippen LogP contribution in [0.15, 0.2) is 36.4 Å². The van der Waals surface area contributed by atoms with E-state index >= 15 is 0 Å². The number of rotatable bonds is 8. The number of hydrogen-bond acceptors (Lipinski definition) is 10. The second kappa shape index (κ2) is 9.20. The summed E-state index contributed by atoms with van der Waals surface area (Å²) in [7, 11) is -7.19. The van der Waals surface area contributed by atoms with E-state index in [-0.39, 0.29) is 42.4 Å². The molecule has 1 heterocycles. The van der Waals surface area contributed by atoms with Crippen LogP contribution in [0.2, 0.25) is 0 Å². The fourth-order valence-electron chi connectivity index (χ4n) is 3.30. The summed E-state index contributed by atoms with van der Waals surface area (Å²) in [4.78, 5) is 0. The van der Waals surface area contributed by atoms with Gasteiger partial charge in [0.1, 0.15) is 23.4 Å². The van der Waals surface area contributed by atoms with Gasteiger partial charge in [0.15, 0.2) is 0 Å². The molecule has 1 aliphatic rings. The van der Waals surface area contributed by atoms with E-state index in [2.05, 4.69) is 4.72 Å². The average molecular weight is 474 g/mol. The van der Waals surface area contributed by atoms with E-state index in [1.54, 1.807) is 31.2 Å². The Kier molecular flexibility index (Phi) is 7.01. The molecule has 0 aliphatic carbocycles. The molecule has 2 aromatic carbocycles. The summed E-state index contributed by atoms with van der Waals surface area (Å²) in [5.74, 6) is -0.137. The van der Waals surface area contributed by atoms with Crippen molar-refractivity contribution in [1.82, 2.24) is 4.72 Å². The molecule has 1 aliphatic heterocycles. The first-order valence-corrected chi connectivity index (χ1v) is 12.7. The van der Waals surface area contributed by atoms with Crippen LogP contribution in [0.25, 0.3) is 0 Å². The normalized spacial score (nSPS) is 19.4. The molecule has 1 saturated heterocycles. The summed E-state index contributed by atoms with van der Waals surface area (Å²) in [6, 6.07) is 9.60. The van der Waals surface area contributed by atoms with Gasteiger partial charge >= 0.3 is 10.1 Å². The van der Waals surface area contributed by atoms with Gasteiger partial charge in [-0.25, -0.2) is 0 Å². The van der Waals surface area contributed by atoms with Crippen LogP contribution >= 0.6 is 11.0 Å². The predicted molar refractivity (Wildman–Crippen MR) is 119 cm³/mol. The zero-order valence-electron chi connectivity index (χ0n) is 16.9. The molecule has 0 amide bonds. The molecular weight excluding hydrogens is 446 g/mol. The molecule has 1 fully saturated rings. The molecule has 1 atom stereocenters. The SMILES string of the molecule is CCCS(=O)(=O)Oc1ccc(CN)cc1Cc1ccc(N2CC(O)NS2(O)O)c(O)c1. The molecule has 0 aromatic heterocycles. The van der Waals surface area contributed by atoms with Gasteiger partial charge in [-0.3, -0.25) is 13.4 Å². The number of benzene rings is 2. The van der Waals surface area contributed by atoms with Gasteiger partial charge in [0.2, 0.25) is 0 Å². The van der Waals surface area contributed by atoms with Crippen LogP contribution in [0.5, 0.6) is 11.5 Å². The Labute approximate surface area is 183 Å². The van der Waals surface area contributed by atoms with Gasteiger partial charge in [-0.2, -0.15) is 13.1 Å². The minimum Gasteiger partial charge on any atom is -0.506 e. The third-order valence-electron chi connectivity index (χ3n) is 4.67. The van der Waals surface area contributed by atoms with Crippen molar-refractivity contribution in [2.24, 2.45) is 5.73 Å². The molecular formula is C19H27N3O7S2. The second-order valence-electron chi connectivity index (χ2n) is 7.20. The largest absolute Gasteiger partial charge is 0.506 e. The molecule has 0 saturated carbocycles. The third kappa shape index (κ3) is 5.60. The lowest BCUT2D eigenvalue weighted by molar-refractivity contribution is 0.182. The average Bonchev–Trinajstić information content (AvgIpc) is 2.95. The first-order valence-electron chi connectivity index (χ1n) is 9.62. The third-order valence-corrected chi connectivity index (χ3v) is 7.57. The minimum absolute atomic E-state index is 0.108. The van der Waals surface area contributed by atoms with E-state index in [4.69, 9.17) is 9.92 Å². The first kappa shape index (κ1) is 23.6. The van der Waals surface area contributed by atoms with Crippen LogP contribution in [-0.4, -0.2) is 46.3 Å². The fourth-order valence-corrected chi connectivity index (χ4v) is 5.66. The zero-order chi connectivity index (χ0) is 22.8. The van der Waals surface area contributed by atoms with Crippen molar-refractivity contribution >= 4 is 26.8 Å². The molecule has 172 valence electrons. The summed E-state index contributed by atoms with van der Waals surface area (Å²) >= 11 is 0. The smallest absolute Gasteiger partial charge is 0.309 e. The number of nitrogens with two attached hydrogens (primary N) is 1. The van der Waals surface area contributed by atoms with Crippen molar-refractivity contribution in [3.8, 4) is 11.5 Å². The highest BCUT2D eigenvalue weighted by molar-refractivity contribution is 8.24. The molecule has 0 spiro atoms. The molecule has 3 rings (SSSR count). The lowest BCUT2D eigenvalue weighted by Gasteiger charge is -2.36. The number of phenolic OH excluding ortho intramolecular Hbond substituents is 1. The zero-order valence-corrected chi connectivity index (χ0v) is 18.6. The van der Waals surface area contributed by atoms with Crippen LogP contribution in [0.3, 0.4) is 0 Å². The van der Waals surface area contributed by atoms with Gasteiger partial charge in [0.05, 0.1) is 12.3 Å². The summed E-state index contributed by atoms with van der Waals surface area (Å²) in [6.45, 7) is 1.90. The summed E-state index contributed by atoms with van der Waals surface area (Å²) in [6.07, 6.45) is -0.476. The Morgan fingerprint density at radius 3 is 2.52 bits per heavy atom. The molecule has 31 heavy (non-hydrogen) atoms. The predicted octanol–water partition coefficient (Wildman–Crippen LogP) is 1.87. The van der Waals surface area contributed by atoms with E-state index in [0.717, 1.165) is 9.87 Å². The van der Waals surface area contributed by atoms with Crippen molar-refractivity contribution in [3.05, 3.63) is 53.1 Å². The topological polar surface area (TPSA) is 166 Å². The van der Waals surface area contributed by atoms with Gasteiger partial charge in [-0.05, 0) is 35.7 Å². The molecule has 7 N–H and O–H groups in total. The fraction of sp³-hybridized carbons (Fsp3) is 0.368. The number of hydrogen-bond donors (Lipinski definition) is 6. The molecule has 0 bridgehead atoms. The van der Waals surface area contributed by atoms with Gasteiger partial charge in [-0.1, -0.05) is 36.1 Å². The highest BCUT2D eigenvalue weighted by Crippen LogP contribution is 2.49. The highest BCUT2D eigenvalue weighted by atomic mass is 32.3. The van der Waals surface area contributed by atoms with Gasteiger partial charge in [-0.15, -0.1) is 0 Å². The number of nitrogens with zero attached hydrogens (tertiary/aromatic N) is 1. The number of β-amino-alcohol motifs (C(OH)–C–C–N with tert-alkyl or cyclic N) is 1. The van der Waals surface area contributed by atoms with Crippen molar-refractivity contribution in [2.45, 2.75) is 32.5 Å². The van der Waals surface area contributed by atoms with Crippen molar-refractivity contribution in [1.29, 1.82) is 0 Å². The van der Waals surface area contributed by atoms with Crippen molar-refractivity contribution < 1.29 is 31.9 Å². The standard InChI is InChI=1S/C19H27N3O7S2/c1-2-7-30(25,26)29-18-6-4-14(11-20)9-15(18)8-13-3-5-16(17(23)10-13)22-12-19(24)21-31(22,27)28/h3-6,9-10,19,21,23-24,27-28H,2,7-8,11-12,20H2,1H3. The van der Waals surface area contributed by atoms with E-state index in [1.807, 2.05) is 0 Å². The monoisotopic (exact) mass is 473 g/mol. The Balaban J connectivity index is 1.89. The Morgan fingerprint density at radius 2 is 1.94 bits per heavy atom. The maximum absolute atomic E-state index is 12.1. The van der Waals surface area contributed by atoms with Crippen LogP contribution in [-0.2, 0) is 23.1 Å². The van der Waals surface area contributed by atoms with E-state index in [1.165, 1.54) is 12.1 Å². The Morgan fingerprint density at radius 1 is 1.23 bits per heavy atom. The summed E-state index contributed by atoms with van der Waals surface area (Å²) in [5, 5.41) is 20.1. The molecule has 1 unspecified atom stereocenters. The number of aliphatic hydroxyl groups is 1. The number of nitrogens with one attached hydrogen (secondary N) is 1. The molecule has 2 aromatic rings. The number of aromatic hydroxyl groups is 1. The number of aliphatic hydroxyl groups excluding tert-OH is 1. The molecule has 10 nitrogen and oxygen atoms in total. The Bertz CT molecular complexity index is 1050. The summed E-state index contributed by atoms with van der Waals surface area (Å²) < 4.78 is 53.0. The van der Waals surface area contributed by atoms with Crippen molar-refractivity contribution in [3.63, 3.8) is 0 Å². The molecule has 12 heteroatoms. The van der Waals surface area contributed by atoms with Crippen LogP contribution < -0.4 is 18.9 Å².